The highest BCUT2D eigenvalue weighted by atomic mass is 79.9. The van der Waals surface area contributed by atoms with Crippen LogP contribution >= 0.6 is 15.9 Å². The number of carbonyl (C=O) groups is 1. The second-order valence-electron chi connectivity index (χ2n) is 5.59. The van der Waals surface area contributed by atoms with Crippen LogP contribution in [0.3, 0.4) is 0 Å². The van der Waals surface area contributed by atoms with Crippen molar-refractivity contribution in [3.05, 3.63) is 46.3 Å². The number of hydrogen-bond acceptors (Lipinski definition) is 5. The Morgan fingerprint density at radius 2 is 2.12 bits per heavy atom. The van der Waals surface area contributed by atoms with E-state index in [0.717, 1.165) is 27.2 Å². The molecule has 0 saturated carbocycles. The first kappa shape index (κ1) is 16.4. The fourth-order valence-corrected chi connectivity index (χ4v) is 2.91. The minimum Gasteiger partial charge on any atom is -0.350 e. The number of nitrogens with zero attached hydrogens (tertiary/aromatic N) is 5. The maximum atomic E-state index is 12.4. The largest absolute Gasteiger partial charge is 0.350 e. The van der Waals surface area contributed by atoms with Crippen LogP contribution in [-0.2, 0) is 4.79 Å². The summed E-state index contributed by atoms with van der Waals surface area (Å²) in [7, 11) is 1.84. The lowest BCUT2D eigenvalue weighted by Crippen LogP contribution is -2.31. The van der Waals surface area contributed by atoms with Crippen LogP contribution < -0.4 is 10.2 Å². The van der Waals surface area contributed by atoms with Gasteiger partial charge in [0.05, 0.1) is 6.54 Å². The van der Waals surface area contributed by atoms with Crippen LogP contribution in [0.25, 0.3) is 5.78 Å². The predicted molar refractivity (Wildman–Crippen MR) is 96.3 cm³/mol. The minimum atomic E-state index is -0.106. The molecule has 0 bridgehead atoms. The molecule has 24 heavy (non-hydrogen) atoms. The molecule has 2 aromatic heterocycles. The summed E-state index contributed by atoms with van der Waals surface area (Å²) in [6.45, 7) is 4.03. The van der Waals surface area contributed by atoms with Crippen LogP contribution in [0, 0.1) is 13.8 Å². The van der Waals surface area contributed by atoms with Gasteiger partial charge in [0.15, 0.2) is 0 Å². The van der Waals surface area contributed by atoms with Gasteiger partial charge < -0.3 is 10.2 Å². The molecular weight excluding hydrogens is 372 g/mol. The predicted octanol–water partition coefficient (Wildman–Crippen LogP) is 2.58. The Morgan fingerprint density at radius 3 is 2.88 bits per heavy atom. The highest BCUT2D eigenvalue weighted by Crippen LogP contribution is 2.20. The van der Waals surface area contributed by atoms with Crippen molar-refractivity contribution in [2.24, 2.45) is 0 Å². The number of benzene rings is 1. The molecular formula is C16H17BrN6O. The average molecular weight is 389 g/mol. The quantitative estimate of drug-likeness (QED) is 0.743. The van der Waals surface area contributed by atoms with E-state index in [1.165, 1.54) is 6.33 Å². The monoisotopic (exact) mass is 388 g/mol. The first-order chi connectivity index (χ1) is 11.4. The van der Waals surface area contributed by atoms with E-state index in [1.54, 1.807) is 4.52 Å². The maximum absolute atomic E-state index is 12.4. The summed E-state index contributed by atoms with van der Waals surface area (Å²) in [6, 6.07) is 7.62. The topological polar surface area (TPSA) is 75.4 Å². The molecule has 0 aliphatic rings. The van der Waals surface area contributed by atoms with Crippen LogP contribution in [0.1, 0.15) is 11.3 Å². The molecule has 0 saturated heterocycles. The van der Waals surface area contributed by atoms with Crippen LogP contribution in [-0.4, -0.2) is 39.1 Å². The van der Waals surface area contributed by atoms with Crippen molar-refractivity contribution in [2.75, 3.05) is 23.8 Å². The molecule has 0 aliphatic carbocycles. The summed E-state index contributed by atoms with van der Waals surface area (Å²) in [4.78, 5) is 22.6. The third-order valence-corrected chi connectivity index (χ3v) is 4.09. The second-order valence-corrected chi connectivity index (χ2v) is 6.51. The molecule has 0 unspecified atom stereocenters. The summed E-state index contributed by atoms with van der Waals surface area (Å²) >= 11 is 3.42. The molecule has 0 radical (unpaired) electrons. The molecule has 3 rings (SSSR count). The fourth-order valence-electron chi connectivity index (χ4n) is 2.44. The lowest BCUT2D eigenvalue weighted by Gasteiger charge is -2.20. The van der Waals surface area contributed by atoms with E-state index in [9.17, 15) is 4.79 Å². The Kier molecular flexibility index (Phi) is 4.48. The van der Waals surface area contributed by atoms with Gasteiger partial charge in [0.1, 0.15) is 12.1 Å². The van der Waals surface area contributed by atoms with Gasteiger partial charge in [-0.05, 0) is 37.6 Å². The fraction of sp³-hybridized carbons (Fsp3) is 0.250. The van der Waals surface area contributed by atoms with Gasteiger partial charge in [0.2, 0.25) is 5.91 Å². The van der Waals surface area contributed by atoms with Gasteiger partial charge >= 0.3 is 0 Å². The van der Waals surface area contributed by atoms with E-state index < -0.39 is 0 Å². The van der Waals surface area contributed by atoms with E-state index in [-0.39, 0.29) is 12.5 Å². The number of aryl methyl sites for hydroxylation is 2. The maximum Gasteiger partial charge on any atom is 0.254 e. The van der Waals surface area contributed by atoms with Gasteiger partial charge in [-0.3, -0.25) is 4.79 Å². The summed E-state index contributed by atoms with van der Waals surface area (Å²) < 4.78 is 2.60. The molecule has 1 aromatic carbocycles. The molecule has 0 atom stereocenters. The Morgan fingerprint density at radius 1 is 1.33 bits per heavy atom. The number of amides is 1. The molecule has 8 heteroatoms. The highest BCUT2D eigenvalue weighted by Gasteiger charge is 2.14. The Hall–Kier alpha value is -2.48. The van der Waals surface area contributed by atoms with Crippen LogP contribution in [0.15, 0.2) is 35.1 Å². The smallest absolute Gasteiger partial charge is 0.254 e. The van der Waals surface area contributed by atoms with Gasteiger partial charge in [0.25, 0.3) is 5.78 Å². The van der Waals surface area contributed by atoms with Crippen LogP contribution in [0.4, 0.5) is 11.5 Å². The zero-order valence-corrected chi connectivity index (χ0v) is 15.2. The highest BCUT2D eigenvalue weighted by molar-refractivity contribution is 9.10. The summed E-state index contributed by atoms with van der Waals surface area (Å²) in [5, 5.41) is 7.09. The zero-order chi connectivity index (χ0) is 17.3. The van der Waals surface area contributed by atoms with Gasteiger partial charge in [-0.25, -0.2) is 4.98 Å². The van der Waals surface area contributed by atoms with E-state index in [4.69, 9.17) is 0 Å². The number of halogens is 1. The molecule has 0 spiro atoms. The van der Waals surface area contributed by atoms with E-state index in [1.807, 2.05) is 50.1 Å². The zero-order valence-electron chi connectivity index (χ0n) is 13.6. The van der Waals surface area contributed by atoms with Crippen LogP contribution in [0.5, 0.6) is 0 Å². The Bertz CT molecular complexity index is 907. The normalized spacial score (nSPS) is 10.8. The van der Waals surface area contributed by atoms with Crippen molar-refractivity contribution in [3.63, 3.8) is 0 Å². The van der Waals surface area contributed by atoms with Gasteiger partial charge in [-0.2, -0.15) is 14.6 Å². The number of hydrogen-bond donors (Lipinski definition) is 1. The number of fused-ring (bicyclic) bond motifs is 1. The third kappa shape index (κ3) is 3.38. The third-order valence-electron chi connectivity index (χ3n) is 3.60. The molecule has 0 aliphatic heterocycles. The van der Waals surface area contributed by atoms with E-state index in [0.29, 0.717) is 5.78 Å². The molecule has 124 valence electrons. The molecule has 2 heterocycles. The van der Waals surface area contributed by atoms with Crippen LogP contribution in [0.2, 0.25) is 0 Å². The molecule has 7 nitrogen and oxygen atoms in total. The van der Waals surface area contributed by atoms with Crippen molar-refractivity contribution >= 4 is 39.1 Å². The number of aromatic nitrogens is 4. The number of anilines is 2. The number of carbonyl (C=O) groups excluding carboxylic acids is 1. The van der Waals surface area contributed by atoms with E-state index >= 15 is 0 Å². The Balaban J connectivity index is 1.77. The van der Waals surface area contributed by atoms with Gasteiger partial charge in [-0.1, -0.05) is 15.9 Å². The lowest BCUT2D eigenvalue weighted by atomic mass is 10.2. The van der Waals surface area contributed by atoms with Crippen molar-refractivity contribution in [2.45, 2.75) is 13.8 Å². The molecule has 3 aromatic rings. The summed E-state index contributed by atoms with van der Waals surface area (Å²) in [6.07, 6.45) is 1.45. The summed E-state index contributed by atoms with van der Waals surface area (Å²) in [5.74, 6) is 1.17. The van der Waals surface area contributed by atoms with Crippen molar-refractivity contribution < 1.29 is 4.79 Å². The Labute approximate surface area is 147 Å². The second kappa shape index (κ2) is 6.56. The van der Waals surface area contributed by atoms with Crippen molar-refractivity contribution in [1.82, 2.24) is 19.6 Å². The molecule has 1 N–H and O–H groups in total. The average Bonchev–Trinajstić information content (AvgIpc) is 2.97. The number of nitrogens with one attached hydrogen (secondary N) is 1. The summed E-state index contributed by atoms with van der Waals surface area (Å²) in [5.41, 5.74) is 2.62. The SMILES string of the molecule is Cc1cc(N(C)CC(=O)Nc2ccc(Br)cc2C)n2ncnc2n1. The van der Waals surface area contributed by atoms with Gasteiger partial charge in [0, 0.05) is 29.0 Å². The molecule has 1 amide bonds. The van der Waals surface area contributed by atoms with E-state index in [2.05, 4.69) is 36.3 Å². The number of rotatable bonds is 4. The van der Waals surface area contributed by atoms with Crippen molar-refractivity contribution in [3.8, 4) is 0 Å². The van der Waals surface area contributed by atoms with Gasteiger partial charge in [-0.15, -0.1) is 0 Å². The van der Waals surface area contributed by atoms with Crippen molar-refractivity contribution in [1.29, 1.82) is 0 Å². The minimum absolute atomic E-state index is 0.106. The molecule has 0 fully saturated rings. The first-order valence-corrected chi connectivity index (χ1v) is 8.18. The standard InChI is InChI=1S/C16H17BrN6O/c1-10-6-12(17)4-5-13(10)21-14(24)8-22(3)15-7-11(2)20-16-18-9-19-23(15)16/h4-7,9H,8H2,1-3H3,(H,21,24). The lowest BCUT2D eigenvalue weighted by molar-refractivity contribution is -0.114. The number of likely N-dealkylation sites (N-methyl/N-ethyl adjacent to an activating group) is 1. The first-order valence-electron chi connectivity index (χ1n) is 7.38.